The summed E-state index contributed by atoms with van der Waals surface area (Å²) in [5, 5.41) is 21.6. The number of non-ortho nitro benzene ring substituents is 1. The van der Waals surface area contributed by atoms with Crippen LogP contribution in [0.1, 0.15) is 5.82 Å². The minimum atomic E-state index is -4.74. The van der Waals surface area contributed by atoms with E-state index in [1.807, 2.05) is 0 Å². The summed E-state index contributed by atoms with van der Waals surface area (Å²) in [6.45, 7) is 0. The van der Waals surface area contributed by atoms with Gasteiger partial charge >= 0.3 is 6.18 Å². The maximum atomic E-state index is 13.0. The molecular formula is C15H7F3N6O3. The molecule has 0 N–H and O–H groups in total. The monoisotopic (exact) mass is 376 g/mol. The summed E-state index contributed by atoms with van der Waals surface area (Å²) in [7, 11) is 0. The molecule has 4 aromatic rings. The van der Waals surface area contributed by atoms with Gasteiger partial charge < -0.3 is 4.74 Å². The molecule has 12 heteroatoms. The van der Waals surface area contributed by atoms with Gasteiger partial charge in [-0.1, -0.05) is 0 Å². The minimum Gasteiger partial charge on any atom is -0.435 e. The van der Waals surface area contributed by atoms with Crippen LogP contribution < -0.4 is 4.74 Å². The van der Waals surface area contributed by atoms with Crippen molar-refractivity contribution in [3.05, 3.63) is 58.5 Å². The van der Waals surface area contributed by atoms with E-state index in [4.69, 9.17) is 4.74 Å². The predicted molar refractivity (Wildman–Crippen MR) is 84.3 cm³/mol. The maximum absolute atomic E-state index is 13.0. The molecule has 0 aliphatic heterocycles. The molecule has 136 valence electrons. The van der Waals surface area contributed by atoms with Crippen molar-refractivity contribution in [3.63, 3.8) is 0 Å². The average molecular weight is 376 g/mol. The number of fused-ring (bicyclic) bond motifs is 2. The van der Waals surface area contributed by atoms with E-state index >= 15 is 0 Å². The van der Waals surface area contributed by atoms with E-state index < -0.39 is 16.9 Å². The van der Waals surface area contributed by atoms with E-state index in [-0.39, 0.29) is 33.9 Å². The van der Waals surface area contributed by atoms with Gasteiger partial charge in [0.1, 0.15) is 5.52 Å². The molecule has 3 aromatic heterocycles. The minimum absolute atomic E-state index is 0.102. The van der Waals surface area contributed by atoms with Crippen LogP contribution in [0.5, 0.6) is 11.6 Å². The van der Waals surface area contributed by atoms with Crippen LogP contribution in [0.15, 0.2) is 42.6 Å². The number of alkyl halides is 3. The number of hydrogen-bond acceptors (Lipinski definition) is 7. The molecule has 0 unspecified atom stereocenters. The van der Waals surface area contributed by atoms with Crippen LogP contribution in [0.4, 0.5) is 18.9 Å². The van der Waals surface area contributed by atoms with Gasteiger partial charge in [-0.15, -0.1) is 15.3 Å². The van der Waals surface area contributed by atoms with Crippen LogP contribution in [-0.4, -0.2) is 29.7 Å². The fourth-order valence-electron chi connectivity index (χ4n) is 2.49. The van der Waals surface area contributed by atoms with Crippen molar-refractivity contribution < 1.29 is 22.8 Å². The molecule has 0 amide bonds. The van der Waals surface area contributed by atoms with E-state index in [1.54, 1.807) is 0 Å². The van der Waals surface area contributed by atoms with Gasteiger partial charge in [0.15, 0.2) is 11.4 Å². The Labute approximate surface area is 147 Å². The zero-order valence-corrected chi connectivity index (χ0v) is 13.1. The van der Waals surface area contributed by atoms with Crippen LogP contribution in [0, 0.1) is 10.1 Å². The zero-order chi connectivity index (χ0) is 19.2. The Morgan fingerprint density at radius 1 is 1.11 bits per heavy atom. The molecule has 0 atom stereocenters. The number of benzene rings is 1. The topological polar surface area (TPSA) is 108 Å². The highest BCUT2D eigenvalue weighted by Crippen LogP contribution is 2.34. The zero-order valence-electron chi connectivity index (χ0n) is 13.1. The second kappa shape index (κ2) is 5.86. The number of hydrogen-bond donors (Lipinski definition) is 0. The van der Waals surface area contributed by atoms with Crippen LogP contribution in [0.2, 0.25) is 0 Å². The molecule has 27 heavy (non-hydrogen) atoms. The Balaban J connectivity index is 1.81. The number of pyridine rings is 1. The smallest absolute Gasteiger partial charge is 0.435 e. The molecule has 0 spiro atoms. The first-order chi connectivity index (χ1) is 12.8. The number of aromatic nitrogens is 5. The number of ether oxygens (including phenoxy) is 1. The molecular weight excluding hydrogens is 369 g/mol. The quantitative estimate of drug-likeness (QED) is 0.398. The first-order valence-electron chi connectivity index (χ1n) is 7.34. The molecule has 0 radical (unpaired) electrons. The van der Waals surface area contributed by atoms with Crippen LogP contribution in [-0.2, 0) is 6.18 Å². The van der Waals surface area contributed by atoms with E-state index in [2.05, 4.69) is 20.3 Å². The standard InChI is InChI=1S/C15H7F3N6O3/c16-15(17,18)14-21-20-11-5-6-12(22-23(11)14)27-10-4-3-9(24(25)26)8-2-1-7-19-13(8)10/h1-7H. The van der Waals surface area contributed by atoms with Crippen molar-refractivity contribution in [1.29, 1.82) is 0 Å². The van der Waals surface area contributed by atoms with Gasteiger partial charge in [0.25, 0.3) is 11.5 Å². The molecule has 0 bridgehead atoms. The lowest BCUT2D eigenvalue weighted by Gasteiger charge is -2.08. The summed E-state index contributed by atoms with van der Waals surface area (Å²) in [5.41, 5.74) is -0.109. The SMILES string of the molecule is O=[N+]([O-])c1ccc(Oc2ccc3nnc(C(F)(F)F)n3n2)c2ncccc12. The van der Waals surface area contributed by atoms with Crippen LogP contribution >= 0.6 is 0 Å². The fraction of sp³-hybridized carbons (Fsp3) is 0.0667. The van der Waals surface area contributed by atoms with Gasteiger partial charge in [-0.2, -0.15) is 17.7 Å². The molecule has 0 aliphatic rings. The van der Waals surface area contributed by atoms with Gasteiger partial charge in [-0.3, -0.25) is 15.1 Å². The molecule has 3 heterocycles. The number of nitro benzene ring substituents is 1. The second-order valence-electron chi connectivity index (χ2n) is 5.30. The van der Waals surface area contributed by atoms with Gasteiger partial charge in [-0.05, 0) is 24.3 Å². The Kier molecular flexibility index (Phi) is 3.61. The molecule has 9 nitrogen and oxygen atoms in total. The van der Waals surface area contributed by atoms with Gasteiger partial charge in [0.2, 0.25) is 5.88 Å². The van der Waals surface area contributed by atoms with E-state index in [0.29, 0.717) is 4.52 Å². The van der Waals surface area contributed by atoms with Crippen molar-refractivity contribution in [1.82, 2.24) is 24.8 Å². The highest BCUT2D eigenvalue weighted by molar-refractivity contribution is 5.92. The predicted octanol–water partition coefficient (Wildman–Crippen LogP) is 3.39. The first kappa shape index (κ1) is 16.6. The normalized spacial score (nSPS) is 11.8. The molecule has 0 saturated heterocycles. The lowest BCUT2D eigenvalue weighted by Crippen LogP contribution is -2.12. The maximum Gasteiger partial charge on any atom is 0.453 e. The third-order valence-electron chi connectivity index (χ3n) is 3.61. The van der Waals surface area contributed by atoms with Crippen LogP contribution in [0.25, 0.3) is 16.6 Å². The Bertz CT molecular complexity index is 1190. The fourth-order valence-corrected chi connectivity index (χ4v) is 2.49. The Morgan fingerprint density at radius 2 is 1.93 bits per heavy atom. The highest BCUT2D eigenvalue weighted by Gasteiger charge is 2.37. The summed E-state index contributed by atoms with van der Waals surface area (Å²) in [4.78, 5) is 14.6. The van der Waals surface area contributed by atoms with E-state index in [0.717, 1.165) is 0 Å². The molecule has 1 aromatic carbocycles. The largest absolute Gasteiger partial charge is 0.453 e. The van der Waals surface area contributed by atoms with Crippen molar-refractivity contribution >= 4 is 22.2 Å². The molecule has 0 fully saturated rings. The second-order valence-corrected chi connectivity index (χ2v) is 5.30. The summed E-state index contributed by atoms with van der Waals surface area (Å²) >= 11 is 0. The Hall–Kier alpha value is -3.83. The Morgan fingerprint density at radius 3 is 2.67 bits per heavy atom. The van der Waals surface area contributed by atoms with Crippen molar-refractivity contribution in [2.75, 3.05) is 0 Å². The molecule has 4 rings (SSSR count). The number of nitrogens with zero attached hydrogens (tertiary/aromatic N) is 6. The van der Waals surface area contributed by atoms with E-state index in [9.17, 15) is 23.3 Å². The lowest BCUT2D eigenvalue weighted by molar-refractivity contribution is -0.383. The number of nitro groups is 1. The molecule has 0 saturated carbocycles. The molecule has 0 aliphatic carbocycles. The summed E-state index contributed by atoms with van der Waals surface area (Å²) in [6.07, 6.45) is -3.33. The number of halogens is 3. The summed E-state index contributed by atoms with van der Waals surface area (Å²) < 4.78 is 44.9. The highest BCUT2D eigenvalue weighted by atomic mass is 19.4. The lowest BCUT2D eigenvalue weighted by atomic mass is 10.1. The van der Waals surface area contributed by atoms with Gasteiger partial charge in [0.05, 0.1) is 10.3 Å². The number of rotatable bonds is 3. The first-order valence-corrected chi connectivity index (χ1v) is 7.34. The van der Waals surface area contributed by atoms with Crippen molar-refractivity contribution in [2.45, 2.75) is 6.18 Å². The summed E-state index contributed by atoms with van der Waals surface area (Å²) in [6, 6.07) is 8.10. The van der Waals surface area contributed by atoms with Crippen LogP contribution in [0.3, 0.4) is 0 Å². The van der Waals surface area contributed by atoms with Gasteiger partial charge in [-0.25, -0.2) is 0 Å². The van der Waals surface area contributed by atoms with Gasteiger partial charge in [0, 0.05) is 18.3 Å². The van der Waals surface area contributed by atoms with E-state index in [1.165, 1.54) is 42.6 Å². The van der Waals surface area contributed by atoms with Crippen molar-refractivity contribution in [3.8, 4) is 11.6 Å². The average Bonchev–Trinajstić information content (AvgIpc) is 3.05. The summed E-state index contributed by atoms with van der Waals surface area (Å²) in [5.74, 6) is -1.38. The van der Waals surface area contributed by atoms with Crippen molar-refractivity contribution in [2.24, 2.45) is 0 Å². The third kappa shape index (κ3) is 2.86. The third-order valence-corrected chi connectivity index (χ3v) is 3.61.